The highest BCUT2D eigenvalue weighted by atomic mass is 31.1. The molecule has 1 atom stereocenters. The maximum Gasteiger partial charge on any atom is 0.202 e. The molecular weight excluding hydrogens is 130 g/mol. The van der Waals surface area contributed by atoms with Crippen LogP contribution in [-0.2, 0) is 0 Å². The van der Waals surface area contributed by atoms with Gasteiger partial charge in [-0.1, -0.05) is 32.8 Å². The Kier molecular flexibility index (Phi) is 3.76. The Labute approximate surface area is 60.1 Å². The minimum atomic E-state index is 0.280. The molecule has 0 aromatic carbocycles. The second-order valence-corrected chi connectivity index (χ2v) is 4.66. The van der Waals surface area contributed by atoms with E-state index < -0.39 is 0 Å². The van der Waals surface area contributed by atoms with Crippen LogP contribution in [0.5, 0.6) is 0 Å². The van der Waals surface area contributed by atoms with E-state index in [1.807, 2.05) is 0 Å². The molecule has 0 aliphatic carbocycles. The van der Waals surface area contributed by atoms with Crippen molar-refractivity contribution in [3.63, 3.8) is 0 Å². The SMILES string of the molecule is CPB(CO)C(C)(C)C. The van der Waals surface area contributed by atoms with Crippen LogP contribution in [0.3, 0.4) is 0 Å². The van der Waals surface area contributed by atoms with E-state index in [1.54, 1.807) is 0 Å². The largest absolute Gasteiger partial charge is 0.404 e. The van der Waals surface area contributed by atoms with Crippen LogP contribution in [0.2, 0.25) is 5.31 Å². The van der Waals surface area contributed by atoms with Crippen molar-refractivity contribution in [3.8, 4) is 0 Å². The number of aliphatic hydroxyl groups is 1. The Balaban J connectivity index is 3.79. The van der Waals surface area contributed by atoms with Crippen LogP contribution in [0.1, 0.15) is 20.8 Å². The van der Waals surface area contributed by atoms with Gasteiger partial charge in [0.1, 0.15) is 0 Å². The molecule has 0 saturated carbocycles. The molecule has 0 aliphatic rings. The van der Waals surface area contributed by atoms with Crippen LogP contribution in [-0.4, -0.2) is 24.7 Å². The van der Waals surface area contributed by atoms with E-state index in [-0.39, 0.29) is 5.31 Å². The Morgan fingerprint density at radius 3 is 1.89 bits per heavy atom. The fraction of sp³-hybridized carbons (Fsp3) is 1.00. The molecule has 0 radical (unpaired) electrons. The molecule has 0 fully saturated rings. The maximum absolute atomic E-state index is 8.87. The summed E-state index contributed by atoms with van der Waals surface area (Å²) < 4.78 is 0. The third-order valence-corrected chi connectivity index (χ3v) is 3.32. The molecule has 1 unspecified atom stereocenters. The summed E-state index contributed by atoms with van der Waals surface area (Å²) in [4.78, 5) is 0. The van der Waals surface area contributed by atoms with Crippen molar-refractivity contribution in [1.82, 2.24) is 0 Å². The molecule has 0 aromatic heterocycles. The van der Waals surface area contributed by atoms with Gasteiger partial charge in [0.05, 0.1) is 0 Å². The van der Waals surface area contributed by atoms with Crippen molar-refractivity contribution in [2.24, 2.45) is 0 Å². The number of hydrogen-bond acceptors (Lipinski definition) is 1. The standard InChI is InChI=1S/C6H16BOP/c1-6(2,3)7(5-8)9-4/h8-9H,5H2,1-4H3. The van der Waals surface area contributed by atoms with Gasteiger partial charge in [-0.2, -0.15) is 8.46 Å². The summed E-state index contributed by atoms with van der Waals surface area (Å²) >= 11 is 0. The molecule has 0 saturated heterocycles. The third-order valence-electron chi connectivity index (χ3n) is 1.58. The number of aliphatic hydroxyl groups excluding tert-OH is 1. The van der Waals surface area contributed by atoms with Gasteiger partial charge in [-0.25, -0.2) is 0 Å². The highest BCUT2D eigenvalue weighted by Crippen LogP contribution is 2.34. The van der Waals surface area contributed by atoms with Gasteiger partial charge in [-0.05, 0) is 0 Å². The Morgan fingerprint density at radius 2 is 1.89 bits per heavy atom. The molecule has 3 heteroatoms. The van der Waals surface area contributed by atoms with Gasteiger partial charge < -0.3 is 5.11 Å². The van der Waals surface area contributed by atoms with Crippen molar-refractivity contribution in [3.05, 3.63) is 0 Å². The summed E-state index contributed by atoms with van der Waals surface area (Å²) in [6.45, 7) is 8.99. The third kappa shape index (κ3) is 3.22. The van der Waals surface area contributed by atoms with E-state index in [4.69, 9.17) is 5.11 Å². The van der Waals surface area contributed by atoms with Crippen molar-refractivity contribution in [2.75, 3.05) is 13.2 Å². The smallest absolute Gasteiger partial charge is 0.202 e. The fourth-order valence-electron chi connectivity index (χ4n) is 0.798. The molecule has 0 spiro atoms. The maximum atomic E-state index is 8.87. The normalized spacial score (nSPS) is 13.0. The summed E-state index contributed by atoms with van der Waals surface area (Å²) in [7, 11) is 0.850. The molecule has 1 N–H and O–H groups in total. The average molecular weight is 146 g/mol. The zero-order chi connectivity index (χ0) is 7.49. The Hall–Kier alpha value is 0.455. The summed E-state index contributed by atoms with van der Waals surface area (Å²) in [5.74, 6) is 0. The predicted octanol–water partition coefficient (Wildman–Crippen LogP) is 1.62. The predicted molar refractivity (Wildman–Crippen MR) is 46.8 cm³/mol. The van der Waals surface area contributed by atoms with E-state index in [2.05, 4.69) is 27.4 Å². The van der Waals surface area contributed by atoms with Crippen LogP contribution >= 0.6 is 8.46 Å². The Bertz CT molecular complexity index is 75.6. The molecule has 0 rings (SSSR count). The van der Waals surface area contributed by atoms with Gasteiger partial charge >= 0.3 is 0 Å². The molecular formula is C6H16BOP. The van der Waals surface area contributed by atoms with Crippen molar-refractivity contribution in [1.29, 1.82) is 0 Å². The van der Waals surface area contributed by atoms with Gasteiger partial charge in [0.25, 0.3) is 0 Å². The lowest BCUT2D eigenvalue weighted by Crippen LogP contribution is -2.24. The van der Waals surface area contributed by atoms with E-state index >= 15 is 0 Å². The van der Waals surface area contributed by atoms with E-state index in [0.717, 1.165) is 8.46 Å². The average Bonchev–Trinajstić information content (AvgIpc) is 1.65. The molecule has 1 nitrogen and oxygen atoms in total. The van der Waals surface area contributed by atoms with E-state index in [0.29, 0.717) is 12.9 Å². The summed E-state index contributed by atoms with van der Waals surface area (Å²) in [6.07, 6.45) is 0.484. The van der Waals surface area contributed by atoms with Crippen molar-refractivity contribution >= 4 is 14.9 Å². The summed E-state index contributed by atoms with van der Waals surface area (Å²) in [6, 6.07) is 0. The number of rotatable bonds is 2. The zero-order valence-corrected chi connectivity index (χ0v) is 7.73. The summed E-state index contributed by atoms with van der Waals surface area (Å²) in [5, 5.41) is 9.15. The highest BCUT2D eigenvalue weighted by Gasteiger charge is 2.25. The minimum Gasteiger partial charge on any atom is -0.404 e. The van der Waals surface area contributed by atoms with Crippen molar-refractivity contribution in [2.45, 2.75) is 26.1 Å². The van der Waals surface area contributed by atoms with Gasteiger partial charge in [-0.15, -0.1) is 0 Å². The second kappa shape index (κ2) is 3.58. The lowest BCUT2D eigenvalue weighted by atomic mass is 9.54. The van der Waals surface area contributed by atoms with Crippen LogP contribution in [0, 0.1) is 0 Å². The van der Waals surface area contributed by atoms with Crippen LogP contribution in [0.15, 0.2) is 0 Å². The summed E-state index contributed by atoms with van der Waals surface area (Å²) in [5.41, 5.74) is 0. The molecule has 0 amide bonds. The zero-order valence-electron chi connectivity index (χ0n) is 6.73. The lowest BCUT2D eigenvalue weighted by Gasteiger charge is -2.24. The second-order valence-electron chi connectivity index (χ2n) is 3.39. The molecule has 0 aliphatic heterocycles. The monoisotopic (exact) mass is 146 g/mol. The minimum absolute atomic E-state index is 0.280. The first-order valence-corrected chi connectivity index (χ1v) is 4.88. The van der Waals surface area contributed by atoms with Crippen LogP contribution < -0.4 is 0 Å². The fourth-order valence-corrected chi connectivity index (χ4v) is 1.85. The number of hydrogen-bond donors (Lipinski definition) is 1. The van der Waals surface area contributed by atoms with Gasteiger partial charge in [0.2, 0.25) is 6.43 Å². The Morgan fingerprint density at radius 1 is 1.44 bits per heavy atom. The van der Waals surface area contributed by atoms with Gasteiger partial charge in [0.15, 0.2) is 0 Å². The highest BCUT2D eigenvalue weighted by molar-refractivity contribution is 7.76. The van der Waals surface area contributed by atoms with Crippen LogP contribution in [0.25, 0.3) is 0 Å². The first-order chi connectivity index (χ1) is 4.02. The quantitative estimate of drug-likeness (QED) is 0.463. The van der Waals surface area contributed by atoms with Crippen molar-refractivity contribution < 1.29 is 5.11 Å². The molecule has 0 aromatic rings. The van der Waals surface area contributed by atoms with Gasteiger partial charge in [-0.3, -0.25) is 0 Å². The molecule has 9 heavy (non-hydrogen) atoms. The van der Waals surface area contributed by atoms with E-state index in [1.165, 1.54) is 0 Å². The molecule has 54 valence electrons. The van der Waals surface area contributed by atoms with E-state index in [9.17, 15) is 0 Å². The lowest BCUT2D eigenvalue weighted by molar-refractivity contribution is 0.360. The molecule has 0 bridgehead atoms. The molecule has 0 heterocycles. The first-order valence-electron chi connectivity index (χ1n) is 3.30. The van der Waals surface area contributed by atoms with Gasteiger partial charge in [0, 0.05) is 6.51 Å². The first kappa shape index (κ1) is 9.45. The topological polar surface area (TPSA) is 20.2 Å². The van der Waals surface area contributed by atoms with Crippen LogP contribution in [0.4, 0.5) is 0 Å².